The third-order valence-electron chi connectivity index (χ3n) is 6.35. The first kappa shape index (κ1) is 34.3. The van der Waals surface area contributed by atoms with Gasteiger partial charge in [-0.3, -0.25) is 9.80 Å². The molecule has 0 spiro atoms. The summed E-state index contributed by atoms with van der Waals surface area (Å²) in [5, 5.41) is 25.4. The quantitative estimate of drug-likeness (QED) is 0.281. The number of likely N-dealkylation sites (N-methyl/N-ethyl adjacent to an activating group) is 1. The van der Waals surface area contributed by atoms with E-state index in [2.05, 4.69) is 62.9 Å². The zero-order valence-electron chi connectivity index (χ0n) is 23.2. The Morgan fingerprint density at radius 1 is 0.977 bits per heavy atom. The fourth-order valence-corrected chi connectivity index (χ4v) is 4.93. The fraction of sp³-hybridized carbons (Fsp3) is 0.333. The van der Waals surface area contributed by atoms with Gasteiger partial charge in [-0.05, 0) is 30.6 Å². The summed E-state index contributed by atoms with van der Waals surface area (Å²) in [7, 11) is 3.88. The topological polar surface area (TPSA) is 121 Å². The molecule has 0 bridgehead atoms. The number of fused-ring (bicyclic) bond motifs is 1. The van der Waals surface area contributed by atoms with E-state index in [0.29, 0.717) is 0 Å². The summed E-state index contributed by atoms with van der Waals surface area (Å²) in [5.41, 5.74) is 4.21. The average Bonchev–Trinajstić information content (AvgIpc) is 3.63. The molecular formula is C27H27F6N5O5S. The second-order valence-electron chi connectivity index (χ2n) is 9.34. The number of aliphatic carboxylic acids is 2. The second kappa shape index (κ2) is 14.5. The molecule has 1 unspecified atom stereocenters. The first-order valence-corrected chi connectivity index (χ1v) is 13.5. The number of nitrogens with zero attached hydrogens (tertiary/aromatic N) is 5. The van der Waals surface area contributed by atoms with Gasteiger partial charge in [0.2, 0.25) is 0 Å². The number of carboxylic acid groups (broad SMARTS) is 2. The van der Waals surface area contributed by atoms with Gasteiger partial charge in [-0.15, -0.1) is 16.4 Å². The van der Waals surface area contributed by atoms with Crippen LogP contribution < -0.4 is 4.74 Å². The van der Waals surface area contributed by atoms with E-state index in [4.69, 9.17) is 24.5 Å². The Kier molecular flexibility index (Phi) is 11.3. The maximum absolute atomic E-state index is 10.6. The van der Waals surface area contributed by atoms with Crippen molar-refractivity contribution in [2.75, 3.05) is 33.8 Å². The highest BCUT2D eigenvalue weighted by molar-refractivity contribution is 7.09. The minimum absolute atomic E-state index is 0.230. The van der Waals surface area contributed by atoms with Crippen molar-refractivity contribution in [3.05, 3.63) is 70.7 Å². The molecule has 5 rings (SSSR count). The first-order valence-electron chi connectivity index (χ1n) is 12.6. The molecule has 0 amide bonds. The third-order valence-corrected chi connectivity index (χ3v) is 7.21. The van der Waals surface area contributed by atoms with E-state index >= 15 is 0 Å². The summed E-state index contributed by atoms with van der Waals surface area (Å²) in [4.78, 5) is 24.1. The number of aromatic nitrogens is 3. The predicted octanol–water partition coefficient (Wildman–Crippen LogP) is 5.22. The van der Waals surface area contributed by atoms with Gasteiger partial charge in [0.05, 0.1) is 18.7 Å². The summed E-state index contributed by atoms with van der Waals surface area (Å²) in [6.07, 6.45) is -8.13. The number of hydrogen-bond donors (Lipinski definition) is 2. The van der Waals surface area contributed by atoms with Crippen LogP contribution in [0.4, 0.5) is 26.3 Å². The number of methoxy groups -OCH3 is 1. The van der Waals surface area contributed by atoms with Crippen LogP contribution >= 0.6 is 11.3 Å². The van der Waals surface area contributed by atoms with Crippen LogP contribution in [0.1, 0.15) is 16.6 Å². The monoisotopic (exact) mass is 647 g/mol. The number of hydrogen-bond acceptors (Lipinski definition) is 8. The highest BCUT2D eigenvalue weighted by Crippen LogP contribution is 2.32. The molecule has 17 heteroatoms. The van der Waals surface area contributed by atoms with Crippen molar-refractivity contribution >= 4 is 28.8 Å². The molecule has 1 aromatic carbocycles. The molecule has 0 saturated carbocycles. The molecule has 1 saturated heterocycles. The van der Waals surface area contributed by atoms with Gasteiger partial charge in [-0.1, -0.05) is 35.5 Å². The van der Waals surface area contributed by atoms with Crippen LogP contribution in [0.3, 0.4) is 0 Å². The smallest absolute Gasteiger partial charge is 0.490 e. The zero-order chi connectivity index (χ0) is 32.7. The normalized spacial score (nSPS) is 16.0. The number of carbonyl (C=O) groups is 2. The molecule has 0 radical (unpaired) electrons. The van der Waals surface area contributed by atoms with E-state index < -0.39 is 24.3 Å². The number of pyridine rings is 1. The lowest BCUT2D eigenvalue weighted by molar-refractivity contribution is -0.193. The summed E-state index contributed by atoms with van der Waals surface area (Å²) >= 11 is 1.82. The van der Waals surface area contributed by atoms with Crippen LogP contribution in [0.5, 0.6) is 5.75 Å². The van der Waals surface area contributed by atoms with Crippen LogP contribution in [0, 0.1) is 0 Å². The van der Waals surface area contributed by atoms with Crippen LogP contribution in [-0.4, -0.2) is 92.9 Å². The maximum Gasteiger partial charge on any atom is 0.490 e. The van der Waals surface area contributed by atoms with Crippen LogP contribution in [0.15, 0.2) is 60.1 Å². The van der Waals surface area contributed by atoms with Crippen molar-refractivity contribution in [2.24, 2.45) is 0 Å². The number of rotatable bonds is 5. The highest BCUT2D eigenvalue weighted by atomic mass is 32.1. The fourth-order valence-electron chi connectivity index (χ4n) is 4.19. The second-order valence-corrected chi connectivity index (χ2v) is 10.4. The summed E-state index contributed by atoms with van der Waals surface area (Å²) < 4.78 is 70.9. The number of piperazine rings is 1. The lowest BCUT2D eigenvalue weighted by atomic mass is 10.0. The van der Waals surface area contributed by atoms with Crippen molar-refractivity contribution in [1.29, 1.82) is 0 Å². The number of para-hydroxylation sites is 1. The minimum Gasteiger partial charge on any atom is -0.496 e. The van der Waals surface area contributed by atoms with E-state index in [1.54, 1.807) is 7.11 Å². The van der Waals surface area contributed by atoms with Crippen LogP contribution in [0.2, 0.25) is 0 Å². The van der Waals surface area contributed by atoms with Gasteiger partial charge in [-0.2, -0.15) is 26.3 Å². The van der Waals surface area contributed by atoms with Gasteiger partial charge in [-0.25, -0.2) is 14.1 Å². The molecule has 10 nitrogen and oxygen atoms in total. The molecule has 4 aromatic rings. The van der Waals surface area contributed by atoms with Gasteiger partial charge < -0.3 is 14.9 Å². The van der Waals surface area contributed by atoms with Crippen LogP contribution in [-0.2, 0) is 16.1 Å². The standard InChI is InChI=1S/C23H25N5OS.2C2HF3O2/c1-26-11-12-27(15-18-6-5-13-30-18)16-21(26)23-20-10-9-17(14-28(20)25-24-23)19-7-3-4-8-22(19)29-2;2*3-2(4,5)1(6)7/h3-10,13-14,21H,11-12,15-16H2,1-2H3;2*(H,6,7). The van der Waals surface area contributed by atoms with Gasteiger partial charge in [0.1, 0.15) is 11.4 Å². The average molecular weight is 648 g/mol. The molecule has 3 aromatic heterocycles. The largest absolute Gasteiger partial charge is 0.496 e. The molecule has 2 N–H and O–H groups in total. The summed E-state index contributed by atoms with van der Waals surface area (Å²) in [6, 6.07) is 16.9. The number of halogens is 6. The Labute approximate surface area is 250 Å². The molecule has 0 aliphatic carbocycles. The van der Waals surface area contributed by atoms with E-state index in [0.717, 1.165) is 54.3 Å². The third kappa shape index (κ3) is 9.14. The zero-order valence-corrected chi connectivity index (χ0v) is 24.0. The van der Waals surface area contributed by atoms with Crippen molar-refractivity contribution in [2.45, 2.75) is 24.9 Å². The molecule has 4 heterocycles. The Bertz CT molecular complexity index is 1520. The number of benzene rings is 1. The van der Waals surface area contributed by atoms with E-state index in [9.17, 15) is 26.3 Å². The number of alkyl halides is 6. The van der Waals surface area contributed by atoms with Gasteiger partial charge >= 0.3 is 24.3 Å². The predicted molar refractivity (Wildman–Crippen MR) is 147 cm³/mol. The Morgan fingerprint density at radius 3 is 2.18 bits per heavy atom. The lowest BCUT2D eigenvalue weighted by Gasteiger charge is -2.38. The van der Waals surface area contributed by atoms with Gasteiger partial charge in [0.25, 0.3) is 0 Å². The van der Waals surface area contributed by atoms with Crippen molar-refractivity contribution in [3.8, 4) is 16.9 Å². The van der Waals surface area contributed by atoms with E-state index in [1.807, 2.05) is 40.2 Å². The highest BCUT2D eigenvalue weighted by Gasteiger charge is 2.39. The van der Waals surface area contributed by atoms with Crippen LogP contribution in [0.25, 0.3) is 16.6 Å². The molecule has 238 valence electrons. The number of carboxylic acids is 2. The van der Waals surface area contributed by atoms with E-state index in [1.165, 1.54) is 4.88 Å². The van der Waals surface area contributed by atoms with Crippen molar-refractivity contribution in [3.63, 3.8) is 0 Å². The van der Waals surface area contributed by atoms with Crippen molar-refractivity contribution < 1.29 is 50.9 Å². The molecule has 1 atom stereocenters. The molecule has 1 fully saturated rings. The molecule has 1 aliphatic heterocycles. The molecule has 1 aliphatic rings. The summed E-state index contributed by atoms with van der Waals surface area (Å²) in [6.45, 7) is 4.05. The van der Waals surface area contributed by atoms with E-state index in [-0.39, 0.29) is 6.04 Å². The SMILES string of the molecule is COc1ccccc1-c1ccc2c(C3CN(Cc4cccs4)CCN3C)nnn2c1.O=C(O)C(F)(F)F.O=C(O)C(F)(F)F. The van der Waals surface area contributed by atoms with Crippen molar-refractivity contribution in [1.82, 2.24) is 24.6 Å². The first-order chi connectivity index (χ1) is 20.6. The number of thiophene rings is 1. The molecular weight excluding hydrogens is 620 g/mol. The van der Waals surface area contributed by atoms with Gasteiger partial charge in [0.15, 0.2) is 0 Å². The Hall–Kier alpha value is -4.22. The molecule has 44 heavy (non-hydrogen) atoms. The minimum atomic E-state index is -5.08. The number of ether oxygens (including phenoxy) is 1. The maximum atomic E-state index is 10.6. The lowest BCUT2D eigenvalue weighted by Crippen LogP contribution is -2.46. The Balaban J connectivity index is 0.000000317. The summed E-state index contributed by atoms with van der Waals surface area (Å²) in [5.74, 6) is -4.66. The van der Waals surface area contributed by atoms with Gasteiger partial charge in [0, 0.05) is 48.4 Å². The Morgan fingerprint density at radius 2 is 1.61 bits per heavy atom.